The minimum Gasteiger partial charge on any atom is -0.385 e. The Balaban J connectivity index is 0.00000180. The predicted octanol–water partition coefficient (Wildman–Crippen LogP) is 5.29. The zero-order chi connectivity index (χ0) is 13.2. The van der Waals surface area contributed by atoms with Crippen molar-refractivity contribution in [1.82, 2.24) is 0 Å². The Labute approximate surface area is 124 Å². The third-order valence-corrected chi connectivity index (χ3v) is 4.72. The van der Waals surface area contributed by atoms with E-state index in [4.69, 9.17) is 0 Å². The van der Waals surface area contributed by atoms with Crippen LogP contribution in [0.2, 0.25) is 0 Å². The van der Waals surface area contributed by atoms with Crippen molar-refractivity contribution < 1.29 is 0 Å². The summed E-state index contributed by atoms with van der Waals surface area (Å²) in [7, 11) is 0. The maximum Gasteiger partial charge on any atom is 0.0342 e. The van der Waals surface area contributed by atoms with Crippen LogP contribution in [0.25, 0.3) is 0 Å². The van der Waals surface area contributed by atoms with E-state index < -0.39 is 0 Å². The summed E-state index contributed by atoms with van der Waals surface area (Å²) < 4.78 is 0. The first-order valence-corrected chi connectivity index (χ1v) is 7.29. The van der Waals surface area contributed by atoms with Crippen LogP contribution in [0.3, 0.4) is 0 Å². The summed E-state index contributed by atoms with van der Waals surface area (Å²) in [5, 5.41) is 3.64. The van der Waals surface area contributed by atoms with Gasteiger partial charge >= 0.3 is 0 Å². The minimum absolute atomic E-state index is 0. The van der Waals surface area contributed by atoms with Crippen molar-refractivity contribution in [2.75, 3.05) is 11.9 Å². The number of aryl methyl sites for hydroxylation is 1. The summed E-state index contributed by atoms with van der Waals surface area (Å²) in [5.74, 6) is 1.62. The second kappa shape index (κ2) is 6.65. The highest BCUT2D eigenvalue weighted by Gasteiger charge is 2.36. The average Bonchev–Trinajstić information content (AvgIpc) is 2.27. The van der Waals surface area contributed by atoms with Crippen LogP contribution >= 0.6 is 12.4 Å². The summed E-state index contributed by atoms with van der Waals surface area (Å²) in [5.41, 5.74) is 3.08. The smallest absolute Gasteiger partial charge is 0.0342 e. The van der Waals surface area contributed by atoms with Gasteiger partial charge in [-0.3, -0.25) is 0 Å². The SMILES string of the molecule is Cc1cccc(NC[C@H]2[C@@H](C)CCCC2(C)C)c1.Cl. The van der Waals surface area contributed by atoms with E-state index in [1.165, 1.54) is 30.5 Å². The highest BCUT2D eigenvalue weighted by molar-refractivity contribution is 5.85. The van der Waals surface area contributed by atoms with Crippen molar-refractivity contribution in [1.29, 1.82) is 0 Å². The van der Waals surface area contributed by atoms with Crippen LogP contribution < -0.4 is 5.32 Å². The number of hydrogen-bond donors (Lipinski definition) is 1. The predicted molar refractivity (Wildman–Crippen MR) is 87.2 cm³/mol. The summed E-state index contributed by atoms with van der Waals surface area (Å²) in [6.07, 6.45) is 4.16. The lowest BCUT2D eigenvalue weighted by Crippen LogP contribution is -2.38. The molecule has 0 unspecified atom stereocenters. The fourth-order valence-electron chi connectivity index (χ4n) is 3.50. The molecule has 1 nitrogen and oxygen atoms in total. The molecule has 1 fully saturated rings. The number of nitrogens with one attached hydrogen (secondary N) is 1. The van der Waals surface area contributed by atoms with Crippen LogP contribution in [0, 0.1) is 24.2 Å². The highest BCUT2D eigenvalue weighted by atomic mass is 35.5. The molecule has 0 bridgehead atoms. The van der Waals surface area contributed by atoms with Crippen molar-refractivity contribution in [3.8, 4) is 0 Å². The minimum atomic E-state index is 0. The Morgan fingerprint density at radius 3 is 2.68 bits per heavy atom. The molecular formula is C17H28ClN. The fourth-order valence-corrected chi connectivity index (χ4v) is 3.50. The summed E-state index contributed by atoms with van der Waals surface area (Å²) >= 11 is 0. The first kappa shape index (κ1) is 16.4. The molecule has 0 amide bonds. The van der Waals surface area contributed by atoms with E-state index in [0.29, 0.717) is 5.41 Å². The molecule has 1 aliphatic rings. The molecule has 1 aromatic carbocycles. The van der Waals surface area contributed by atoms with Gasteiger partial charge in [-0.25, -0.2) is 0 Å². The Hall–Kier alpha value is -0.690. The molecule has 1 saturated carbocycles. The number of anilines is 1. The molecule has 1 aliphatic carbocycles. The molecule has 2 atom stereocenters. The van der Waals surface area contributed by atoms with Gasteiger partial charge in [0.25, 0.3) is 0 Å². The Morgan fingerprint density at radius 2 is 2.05 bits per heavy atom. The number of benzene rings is 1. The molecule has 0 spiro atoms. The van der Waals surface area contributed by atoms with Crippen LogP contribution in [-0.4, -0.2) is 6.54 Å². The van der Waals surface area contributed by atoms with E-state index in [9.17, 15) is 0 Å². The molecule has 0 radical (unpaired) electrons. The van der Waals surface area contributed by atoms with E-state index in [-0.39, 0.29) is 12.4 Å². The van der Waals surface area contributed by atoms with Gasteiger partial charge < -0.3 is 5.32 Å². The number of hydrogen-bond acceptors (Lipinski definition) is 1. The molecule has 0 saturated heterocycles. The van der Waals surface area contributed by atoms with Crippen molar-refractivity contribution in [3.05, 3.63) is 29.8 Å². The second-order valence-corrected chi connectivity index (χ2v) is 6.71. The number of rotatable bonds is 3. The fraction of sp³-hybridized carbons (Fsp3) is 0.647. The van der Waals surface area contributed by atoms with E-state index >= 15 is 0 Å². The van der Waals surface area contributed by atoms with Gasteiger partial charge in [0, 0.05) is 12.2 Å². The van der Waals surface area contributed by atoms with Gasteiger partial charge in [0.15, 0.2) is 0 Å². The van der Waals surface area contributed by atoms with E-state index in [1.807, 2.05) is 0 Å². The molecule has 1 N–H and O–H groups in total. The third-order valence-electron chi connectivity index (χ3n) is 4.72. The first-order valence-electron chi connectivity index (χ1n) is 7.29. The third kappa shape index (κ3) is 4.14. The molecule has 0 aliphatic heterocycles. The van der Waals surface area contributed by atoms with Gasteiger partial charge in [0.2, 0.25) is 0 Å². The van der Waals surface area contributed by atoms with Crippen LogP contribution in [0.4, 0.5) is 5.69 Å². The van der Waals surface area contributed by atoms with Gasteiger partial charge in [0.1, 0.15) is 0 Å². The van der Waals surface area contributed by atoms with E-state index in [0.717, 1.165) is 18.4 Å². The Bertz CT molecular complexity index is 400. The topological polar surface area (TPSA) is 12.0 Å². The van der Waals surface area contributed by atoms with E-state index in [2.05, 4.69) is 57.3 Å². The lowest BCUT2D eigenvalue weighted by Gasteiger charge is -2.43. The number of halogens is 1. The quantitative estimate of drug-likeness (QED) is 0.794. The monoisotopic (exact) mass is 281 g/mol. The van der Waals surface area contributed by atoms with Crippen LogP contribution in [0.1, 0.15) is 45.6 Å². The molecule has 19 heavy (non-hydrogen) atoms. The maximum absolute atomic E-state index is 3.64. The van der Waals surface area contributed by atoms with Gasteiger partial charge in [-0.05, 0) is 48.3 Å². The first-order chi connectivity index (χ1) is 8.49. The largest absolute Gasteiger partial charge is 0.385 e. The van der Waals surface area contributed by atoms with Crippen LogP contribution in [-0.2, 0) is 0 Å². The molecule has 0 heterocycles. The second-order valence-electron chi connectivity index (χ2n) is 6.71. The van der Waals surface area contributed by atoms with Crippen molar-refractivity contribution in [2.45, 2.75) is 47.0 Å². The van der Waals surface area contributed by atoms with E-state index in [1.54, 1.807) is 0 Å². The maximum atomic E-state index is 3.64. The van der Waals surface area contributed by atoms with Crippen LogP contribution in [0.5, 0.6) is 0 Å². The Kier molecular flexibility index (Phi) is 5.73. The van der Waals surface area contributed by atoms with Gasteiger partial charge in [-0.2, -0.15) is 0 Å². The molecular weight excluding hydrogens is 254 g/mol. The molecule has 108 valence electrons. The zero-order valence-electron chi connectivity index (χ0n) is 12.7. The highest BCUT2D eigenvalue weighted by Crippen LogP contribution is 2.43. The molecule has 1 aromatic rings. The van der Waals surface area contributed by atoms with Crippen molar-refractivity contribution in [2.24, 2.45) is 17.3 Å². The van der Waals surface area contributed by atoms with Crippen LogP contribution in [0.15, 0.2) is 24.3 Å². The molecule has 0 aromatic heterocycles. The lowest BCUT2D eigenvalue weighted by molar-refractivity contribution is 0.0944. The van der Waals surface area contributed by atoms with Crippen molar-refractivity contribution in [3.63, 3.8) is 0 Å². The summed E-state index contributed by atoms with van der Waals surface area (Å²) in [6.45, 7) is 10.6. The van der Waals surface area contributed by atoms with Gasteiger partial charge in [0.05, 0.1) is 0 Å². The van der Waals surface area contributed by atoms with Gasteiger partial charge in [-0.15, -0.1) is 12.4 Å². The molecule has 2 heteroatoms. The normalized spacial score (nSPS) is 25.5. The lowest BCUT2D eigenvalue weighted by atomic mass is 9.64. The summed E-state index contributed by atoms with van der Waals surface area (Å²) in [6, 6.07) is 8.69. The average molecular weight is 282 g/mol. The van der Waals surface area contributed by atoms with Crippen molar-refractivity contribution >= 4 is 18.1 Å². The molecule has 2 rings (SSSR count). The zero-order valence-corrected chi connectivity index (χ0v) is 13.5. The standard InChI is InChI=1S/C17H27N.ClH/c1-13-7-5-9-15(11-13)18-12-16-14(2)8-6-10-17(16,3)4;/h5,7,9,11,14,16,18H,6,8,10,12H2,1-4H3;1H/t14-,16-;/m0./s1. The van der Waals surface area contributed by atoms with Gasteiger partial charge in [-0.1, -0.05) is 45.7 Å². The summed E-state index contributed by atoms with van der Waals surface area (Å²) in [4.78, 5) is 0. The Morgan fingerprint density at radius 1 is 1.32 bits per heavy atom.